The van der Waals surface area contributed by atoms with Crippen molar-refractivity contribution in [2.75, 3.05) is 7.11 Å². The Morgan fingerprint density at radius 3 is 2.74 bits per heavy atom. The molecule has 1 aliphatic carbocycles. The Bertz CT molecular complexity index is 912. The van der Waals surface area contributed by atoms with Gasteiger partial charge >= 0.3 is 0 Å². The number of furan rings is 1. The third-order valence-electron chi connectivity index (χ3n) is 4.25. The quantitative estimate of drug-likeness (QED) is 0.632. The van der Waals surface area contributed by atoms with Crippen LogP contribution in [0, 0.1) is 0 Å². The molecule has 7 heteroatoms. The second-order valence-corrected chi connectivity index (χ2v) is 7.25. The standard InChI is InChI=1S/C20H20N2O4S/c1-24-15-4-6-16(7-5-15)25-11-17-8-9-18(26-17)19(23)21-10-14-12-27-20(22-14)13-2-3-13/h4-9,12-13H,2-3,10-11H2,1H3,(H,21,23). The second kappa shape index (κ2) is 7.84. The van der Waals surface area contributed by atoms with Crippen molar-refractivity contribution in [2.45, 2.75) is 31.9 Å². The zero-order valence-electron chi connectivity index (χ0n) is 14.9. The summed E-state index contributed by atoms with van der Waals surface area (Å²) in [5, 5.41) is 6.02. The molecule has 0 atom stereocenters. The summed E-state index contributed by atoms with van der Waals surface area (Å²) in [6.07, 6.45) is 2.46. The largest absolute Gasteiger partial charge is 0.497 e. The lowest BCUT2D eigenvalue weighted by Crippen LogP contribution is -2.22. The number of amides is 1. The van der Waals surface area contributed by atoms with Crippen LogP contribution in [-0.4, -0.2) is 18.0 Å². The van der Waals surface area contributed by atoms with Gasteiger partial charge in [0.05, 0.1) is 24.4 Å². The molecule has 1 N–H and O–H groups in total. The molecule has 3 aromatic rings. The number of methoxy groups -OCH3 is 1. The Balaban J connectivity index is 1.27. The van der Waals surface area contributed by atoms with Crippen molar-refractivity contribution in [3.63, 3.8) is 0 Å². The smallest absolute Gasteiger partial charge is 0.287 e. The van der Waals surface area contributed by atoms with Gasteiger partial charge in [-0.2, -0.15) is 0 Å². The molecule has 2 heterocycles. The van der Waals surface area contributed by atoms with E-state index in [2.05, 4.69) is 10.3 Å². The van der Waals surface area contributed by atoms with Crippen LogP contribution < -0.4 is 14.8 Å². The van der Waals surface area contributed by atoms with Crippen molar-refractivity contribution >= 4 is 17.2 Å². The number of hydrogen-bond acceptors (Lipinski definition) is 6. The molecule has 1 fully saturated rings. The molecule has 4 rings (SSSR count). The average molecular weight is 384 g/mol. The fourth-order valence-corrected chi connectivity index (χ4v) is 3.57. The normalized spacial score (nSPS) is 13.4. The number of nitrogens with one attached hydrogen (secondary N) is 1. The zero-order chi connectivity index (χ0) is 18.6. The van der Waals surface area contributed by atoms with Gasteiger partial charge in [0, 0.05) is 11.3 Å². The van der Waals surface area contributed by atoms with Crippen LogP contribution in [-0.2, 0) is 13.2 Å². The third kappa shape index (κ3) is 4.49. The highest BCUT2D eigenvalue weighted by Gasteiger charge is 2.26. The molecule has 0 bridgehead atoms. The van der Waals surface area contributed by atoms with E-state index >= 15 is 0 Å². The molecule has 0 saturated heterocycles. The highest BCUT2D eigenvalue weighted by molar-refractivity contribution is 7.09. The van der Waals surface area contributed by atoms with Crippen LogP contribution in [0.5, 0.6) is 11.5 Å². The van der Waals surface area contributed by atoms with E-state index in [9.17, 15) is 4.79 Å². The molecule has 1 aliphatic rings. The highest BCUT2D eigenvalue weighted by Crippen LogP contribution is 2.41. The van der Waals surface area contributed by atoms with Gasteiger partial charge in [-0.15, -0.1) is 11.3 Å². The number of rotatable bonds is 8. The number of carbonyl (C=O) groups is 1. The molecular formula is C20H20N2O4S. The van der Waals surface area contributed by atoms with Gasteiger partial charge in [0.25, 0.3) is 5.91 Å². The summed E-state index contributed by atoms with van der Waals surface area (Å²) in [5.41, 5.74) is 0.893. The molecule has 27 heavy (non-hydrogen) atoms. The summed E-state index contributed by atoms with van der Waals surface area (Å²) < 4.78 is 16.3. The Morgan fingerprint density at radius 2 is 2.00 bits per heavy atom. The Morgan fingerprint density at radius 1 is 1.22 bits per heavy atom. The first-order chi connectivity index (χ1) is 13.2. The van der Waals surface area contributed by atoms with Crippen LogP contribution in [0.4, 0.5) is 0 Å². The molecule has 1 amide bonds. The van der Waals surface area contributed by atoms with E-state index in [0.717, 1.165) is 11.4 Å². The summed E-state index contributed by atoms with van der Waals surface area (Å²) >= 11 is 1.67. The SMILES string of the molecule is COc1ccc(OCc2ccc(C(=O)NCc3csc(C4CC4)n3)o2)cc1. The van der Waals surface area contributed by atoms with Gasteiger partial charge in [0.15, 0.2) is 5.76 Å². The lowest BCUT2D eigenvalue weighted by molar-refractivity contribution is 0.0918. The van der Waals surface area contributed by atoms with E-state index < -0.39 is 0 Å². The van der Waals surface area contributed by atoms with Crippen molar-refractivity contribution in [2.24, 2.45) is 0 Å². The van der Waals surface area contributed by atoms with Gasteiger partial charge in [-0.1, -0.05) is 0 Å². The maximum Gasteiger partial charge on any atom is 0.287 e. The maximum atomic E-state index is 12.2. The van der Waals surface area contributed by atoms with E-state index in [1.165, 1.54) is 17.8 Å². The molecule has 0 unspecified atom stereocenters. The fraction of sp³-hybridized carbons (Fsp3) is 0.300. The number of aromatic nitrogens is 1. The van der Waals surface area contributed by atoms with Crippen molar-refractivity contribution in [1.82, 2.24) is 10.3 Å². The minimum atomic E-state index is -0.258. The van der Waals surface area contributed by atoms with E-state index in [4.69, 9.17) is 13.9 Å². The van der Waals surface area contributed by atoms with Crippen LogP contribution in [0.3, 0.4) is 0 Å². The van der Waals surface area contributed by atoms with Crippen molar-refractivity contribution in [3.8, 4) is 11.5 Å². The zero-order valence-corrected chi connectivity index (χ0v) is 15.8. The number of carbonyl (C=O) groups excluding carboxylic acids is 1. The maximum absolute atomic E-state index is 12.2. The number of ether oxygens (including phenoxy) is 2. The summed E-state index contributed by atoms with van der Waals surface area (Å²) in [7, 11) is 1.62. The topological polar surface area (TPSA) is 73.6 Å². The van der Waals surface area contributed by atoms with Crippen molar-refractivity contribution in [1.29, 1.82) is 0 Å². The van der Waals surface area contributed by atoms with Crippen LogP contribution in [0.2, 0.25) is 0 Å². The van der Waals surface area contributed by atoms with Crippen LogP contribution >= 0.6 is 11.3 Å². The first-order valence-corrected chi connectivity index (χ1v) is 9.67. The first-order valence-electron chi connectivity index (χ1n) is 8.79. The molecule has 0 spiro atoms. The molecule has 0 radical (unpaired) electrons. The average Bonchev–Trinajstić information content (AvgIpc) is 3.25. The predicted octanol–water partition coefficient (Wildman–Crippen LogP) is 4.13. The number of thiazole rings is 1. The fourth-order valence-electron chi connectivity index (χ4n) is 2.58. The molecule has 1 saturated carbocycles. The van der Waals surface area contributed by atoms with Gasteiger partial charge in [-0.25, -0.2) is 4.98 Å². The van der Waals surface area contributed by atoms with Crippen molar-refractivity contribution < 1.29 is 18.7 Å². The van der Waals surface area contributed by atoms with Crippen molar-refractivity contribution in [3.05, 3.63) is 64.0 Å². The van der Waals surface area contributed by atoms with Crippen LogP contribution in [0.15, 0.2) is 46.2 Å². The number of nitrogens with zero attached hydrogens (tertiary/aromatic N) is 1. The first kappa shape index (κ1) is 17.6. The van der Waals surface area contributed by atoms with E-state index in [0.29, 0.717) is 24.0 Å². The summed E-state index contributed by atoms with van der Waals surface area (Å²) in [4.78, 5) is 16.8. The third-order valence-corrected chi connectivity index (χ3v) is 5.31. The molecule has 140 valence electrons. The molecular weight excluding hydrogens is 364 g/mol. The number of hydrogen-bond donors (Lipinski definition) is 1. The Kier molecular flexibility index (Phi) is 5.11. The lowest BCUT2D eigenvalue weighted by atomic mass is 10.3. The summed E-state index contributed by atoms with van der Waals surface area (Å²) in [6.45, 7) is 0.650. The number of benzene rings is 1. The van der Waals surface area contributed by atoms with E-state index in [1.807, 2.05) is 29.6 Å². The molecule has 1 aromatic carbocycles. The molecule has 6 nitrogen and oxygen atoms in total. The van der Waals surface area contributed by atoms with Crippen LogP contribution in [0.1, 0.15) is 45.8 Å². The Hall–Kier alpha value is -2.80. The second-order valence-electron chi connectivity index (χ2n) is 6.36. The summed E-state index contributed by atoms with van der Waals surface area (Å²) in [6, 6.07) is 10.7. The minimum absolute atomic E-state index is 0.246. The van der Waals surface area contributed by atoms with Crippen LogP contribution in [0.25, 0.3) is 0 Å². The van der Waals surface area contributed by atoms with Gasteiger partial charge in [0.1, 0.15) is 23.9 Å². The van der Waals surface area contributed by atoms with E-state index in [-0.39, 0.29) is 18.3 Å². The summed E-state index contributed by atoms with van der Waals surface area (Å²) in [5.74, 6) is 2.70. The lowest BCUT2D eigenvalue weighted by Gasteiger charge is -2.05. The van der Waals surface area contributed by atoms with Gasteiger partial charge in [-0.3, -0.25) is 4.79 Å². The van der Waals surface area contributed by atoms with Gasteiger partial charge < -0.3 is 19.2 Å². The molecule has 2 aromatic heterocycles. The molecule has 0 aliphatic heterocycles. The monoisotopic (exact) mass is 384 g/mol. The van der Waals surface area contributed by atoms with Gasteiger partial charge in [-0.05, 0) is 49.2 Å². The van der Waals surface area contributed by atoms with E-state index in [1.54, 1.807) is 30.6 Å². The predicted molar refractivity (Wildman–Crippen MR) is 101 cm³/mol. The highest BCUT2D eigenvalue weighted by atomic mass is 32.1. The minimum Gasteiger partial charge on any atom is -0.497 e. The van der Waals surface area contributed by atoms with Gasteiger partial charge in [0.2, 0.25) is 0 Å². The Labute approximate surface area is 161 Å².